The molecule has 4 N–H and O–H groups in total. The number of carbonyl (C=O) groups is 2. The van der Waals surface area contributed by atoms with Crippen LogP contribution in [-0.4, -0.2) is 78.3 Å². The maximum absolute atomic E-state index is 13.9. The van der Waals surface area contributed by atoms with E-state index in [1.807, 2.05) is 4.98 Å². The molecule has 3 aromatic rings. The van der Waals surface area contributed by atoms with E-state index in [-0.39, 0.29) is 5.75 Å². The average Bonchev–Trinajstić information content (AvgIpc) is 3.28. The molecule has 0 radical (unpaired) electrons. The summed E-state index contributed by atoms with van der Waals surface area (Å²) in [5.41, 5.74) is 5.03. The zero-order valence-corrected chi connectivity index (χ0v) is 26.0. The Hall–Kier alpha value is -4.67. The second-order valence-electron chi connectivity index (χ2n) is 10.5. The van der Waals surface area contributed by atoms with Crippen molar-refractivity contribution in [3.8, 4) is 5.75 Å². The average molecular weight is 676 g/mol. The van der Waals surface area contributed by atoms with E-state index in [2.05, 4.69) is 10.0 Å². The van der Waals surface area contributed by atoms with Crippen LogP contribution in [0.1, 0.15) is 39.3 Å². The number of ether oxygens (including phenoxy) is 2. The molecular formula is C28H32N6O12P+. The van der Waals surface area contributed by atoms with Crippen LogP contribution in [0.4, 0.5) is 0 Å². The highest BCUT2D eigenvalue weighted by Gasteiger charge is 2.58. The highest BCUT2D eigenvalue weighted by Crippen LogP contribution is 2.42. The van der Waals surface area contributed by atoms with Crippen LogP contribution in [-0.2, 0) is 28.2 Å². The summed E-state index contributed by atoms with van der Waals surface area (Å²) in [5, 5.41) is 35.7. The van der Waals surface area contributed by atoms with E-state index in [0.29, 0.717) is 22.0 Å². The Morgan fingerprint density at radius 3 is 2.62 bits per heavy atom. The lowest BCUT2D eigenvalue weighted by atomic mass is 10.1. The van der Waals surface area contributed by atoms with Gasteiger partial charge in [0.1, 0.15) is 23.6 Å². The van der Waals surface area contributed by atoms with Gasteiger partial charge < -0.3 is 29.6 Å². The van der Waals surface area contributed by atoms with Crippen LogP contribution in [0.5, 0.6) is 5.75 Å². The molecule has 0 bridgehead atoms. The number of aliphatic carboxylic acids is 1. The molecule has 47 heavy (non-hydrogen) atoms. The molecule has 4 rings (SSSR count). The SMILES string of the molecule is CCC(C)OC(=O)C(CCC(=O)O)N(Oc1cccc2ccccc12)[P+](=O)OC[C@@]1(N=[N+]=[N-])O[C@@H](n2ccc(=O)[nH]c2=O)[C@H](O)[C@@H]1O. The number of fused-ring (bicyclic) bond motifs is 1. The van der Waals surface area contributed by atoms with E-state index < -0.39 is 87.1 Å². The van der Waals surface area contributed by atoms with Gasteiger partial charge in [-0.3, -0.25) is 23.9 Å². The van der Waals surface area contributed by atoms with Gasteiger partial charge in [0.25, 0.3) is 5.56 Å². The number of carboxylic acids is 1. The number of hydrogen-bond donors (Lipinski definition) is 4. The Bertz CT molecular complexity index is 1790. The van der Waals surface area contributed by atoms with Crippen molar-refractivity contribution < 1.29 is 48.3 Å². The van der Waals surface area contributed by atoms with Crippen LogP contribution in [0.25, 0.3) is 21.2 Å². The van der Waals surface area contributed by atoms with Crippen molar-refractivity contribution in [2.45, 2.75) is 69.4 Å². The summed E-state index contributed by atoms with van der Waals surface area (Å²) in [6.07, 6.45) is -5.88. The molecule has 18 nitrogen and oxygen atoms in total. The van der Waals surface area contributed by atoms with Gasteiger partial charge in [-0.2, -0.15) is 0 Å². The Morgan fingerprint density at radius 1 is 1.21 bits per heavy atom. The smallest absolute Gasteiger partial charge is 0.481 e. The molecule has 0 spiro atoms. The number of H-pyrrole nitrogens is 1. The van der Waals surface area contributed by atoms with Gasteiger partial charge in [0.2, 0.25) is 5.72 Å². The van der Waals surface area contributed by atoms with Crippen molar-refractivity contribution in [3.63, 3.8) is 0 Å². The number of nitrogens with zero attached hydrogens (tertiary/aromatic N) is 5. The molecule has 3 unspecified atom stereocenters. The van der Waals surface area contributed by atoms with Crippen molar-refractivity contribution >= 4 is 30.9 Å². The normalized spacial score (nSPS) is 22.3. The number of aromatic amines is 1. The van der Waals surface area contributed by atoms with Gasteiger partial charge in [0, 0.05) is 29.0 Å². The highest BCUT2D eigenvalue weighted by molar-refractivity contribution is 7.36. The Labute approximate surface area is 266 Å². The van der Waals surface area contributed by atoms with Crippen LogP contribution in [0.2, 0.25) is 0 Å². The van der Waals surface area contributed by atoms with Gasteiger partial charge in [0.05, 0.1) is 6.10 Å². The fourth-order valence-electron chi connectivity index (χ4n) is 4.66. The molecule has 7 atom stereocenters. The lowest BCUT2D eigenvalue weighted by molar-refractivity contribution is -0.162. The van der Waals surface area contributed by atoms with Crippen LogP contribution >= 0.6 is 8.18 Å². The zero-order valence-electron chi connectivity index (χ0n) is 25.1. The third-order valence-corrected chi connectivity index (χ3v) is 8.32. The number of hydrogen-bond acceptors (Lipinski definition) is 12. The van der Waals surface area contributed by atoms with Crippen LogP contribution in [0.15, 0.2) is 69.4 Å². The predicted octanol–water partition coefficient (Wildman–Crippen LogP) is 2.49. The van der Waals surface area contributed by atoms with Crippen molar-refractivity contribution in [3.05, 3.63) is 86.0 Å². The molecule has 250 valence electrons. The van der Waals surface area contributed by atoms with E-state index in [9.17, 15) is 44.6 Å². The fourth-order valence-corrected chi connectivity index (χ4v) is 5.66. The largest absolute Gasteiger partial charge is 0.653 e. The van der Waals surface area contributed by atoms with Gasteiger partial charge in [-0.05, 0) is 41.3 Å². The summed E-state index contributed by atoms with van der Waals surface area (Å²) in [4.78, 5) is 60.0. The quantitative estimate of drug-likeness (QED) is 0.0451. The molecule has 0 aliphatic carbocycles. The molecular weight excluding hydrogens is 643 g/mol. The Morgan fingerprint density at radius 2 is 1.94 bits per heavy atom. The number of nitrogens with one attached hydrogen (secondary N) is 1. The summed E-state index contributed by atoms with van der Waals surface area (Å²) in [6, 6.07) is 11.2. The topological polar surface area (TPSA) is 256 Å². The molecule has 0 saturated carbocycles. The van der Waals surface area contributed by atoms with Crippen LogP contribution < -0.4 is 16.1 Å². The number of carbonyl (C=O) groups excluding carboxylic acids is 1. The molecule has 1 aliphatic rings. The number of esters is 1. The highest BCUT2D eigenvalue weighted by atomic mass is 31.1. The number of aliphatic hydroxyl groups is 2. The van der Waals surface area contributed by atoms with Crippen LogP contribution in [0.3, 0.4) is 0 Å². The summed E-state index contributed by atoms with van der Waals surface area (Å²) < 4.78 is 31.2. The summed E-state index contributed by atoms with van der Waals surface area (Å²) in [6.45, 7) is 2.33. The number of benzene rings is 2. The summed E-state index contributed by atoms with van der Waals surface area (Å²) >= 11 is 0. The van der Waals surface area contributed by atoms with Gasteiger partial charge in [-0.15, -0.1) is 4.52 Å². The van der Waals surface area contributed by atoms with Crippen LogP contribution in [0, 0.1) is 0 Å². The van der Waals surface area contributed by atoms with E-state index in [0.717, 1.165) is 16.8 Å². The monoisotopic (exact) mass is 675 g/mol. The van der Waals surface area contributed by atoms with Gasteiger partial charge in [0.15, 0.2) is 18.0 Å². The van der Waals surface area contributed by atoms with Crippen molar-refractivity contribution in [2.75, 3.05) is 6.61 Å². The van der Waals surface area contributed by atoms with Crippen molar-refractivity contribution in [1.29, 1.82) is 0 Å². The first-order valence-corrected chi connectivity index (χ1v) is 15.4. The zero-order chi connectivity index (χ0) is 34.3. The summed E-state index contributed by atoms with van der Waals surface area (Å²) in [5.74, 6) is -2.13. The predicted molar refractivity (Wildman–Crippen MR) is 162 cm³/mol. The summed E-state index contributed by atoms with van der Waals surface area (Å²) in [7, 11) is -3.33. The lowest BCUT2D eigenvalue weighted by Crippen LogP contribution is -2.46. The van der Waals surface area contributed by atoms with E-state index in [4.69, 9.17) is 18.8 Å². The van der Waals surface area contributed by atoms with Crippen molar-refractivity contribution in [2.24, 2.45) is 5.11 Å². The van der Waals surface area contributed by atoms with Gasteiger partial charge in [-0.1, -0.05) is 48.4 Å². The molecule has 0 amide bonds. The minimum Gasteiger partial charge on any atom is -0.481 e. The lowest BCUT2D eigenvalue weighted by Gasteiger charge is -2.25. The Kier molecular flexibility index (Phi) is 11.4. The standard InChI is InChI=1S/C28H31N6O12P/c1-3-16(2)44-26(40)19(11-12-22(36)37)34(46-20-10-6-8-17-7-4-5-9-18(17)20)47(42)43-15-28(31-32-29)24(39)23(38)25(45-28)33-14-13-21(35)30-27(33)41/h4-10,13-14,16,19,23-25,38-39H,3,11-12,15H2,1-2H3,(H-,30,35,36,37,41)/p+1/t16?,19?,23-,24+,25-,28-/m1/s1. The first-order chi connectivity index (χ1) is 22.4. The minimum atomic E-state index is -3.33. The van der Waals surface area contributed by atoms with E-state index in [1.54, 1.807) is 50.2 Å². The molecule has 19 heteroatoms. The van der Waals surface area contributed by atoms with E-state index in [1.165, 1.54) is 6.07 Å². The van der Waals surface area contributed by atoms with Crippen molar-refractivity contribution in [1.82, 2.24) is 14.4 Å². The number of azide groups is 1. The van der Waals surface area contributed by atoms with E-state index >= 15 is 0 Å². The maximum atomic E-state index is 13.9. The van der Waals surface area contributed by atoms with Gasteiger partial charge in [-0.25, -0.2) is 4.79 Å². The molecule has 1 aromatic heterocycles. The number of rotatable bonds is 15. The molecule has 1 saturated heterocycles. The maximum Gasteiger partial charge on any atom is 0.653 e. The number of carboxylic acid groups (broad SMARTS) is 1. The third kappa shape index (κ3) is 8.01. The molecule has 1 aliphatic heterocycles. The second kappa shape index (κ2) is 15.3. The Balaban J connectivity index is 1.70. The minimum absolute atomic E-state index is 0.113. The molecule has 2 heterocycles. The molecule has 1 fully saturated rings. The van der Waals surface area contributed by atoms with Gasteiger partial charge >= 0.3 is 25.8 Å². The number of aromatic nitrogens is 2. The second-order valence-corrected chi connectivity index (χ2v) is 11.6. The molecule has 2 aromatic carbocycles. The first-order valence-electron chi connectivity index (χ1n) is 14.3. The number of aliphatic hydroxyl groups excluding tert-OH is 2. The first kappa shape index (κ1) is 35.2. The third-order valence-electron chi connectivity index (χ3n) is 7.29. The fraction of sp³-hybridized carbons (Fsp3) is 0.429. The number of hydroxylamine groups is 1.